The number of benzene rings is 3. The summed E-state index contributed by atoms with van der Waals surface area (Å²) < 4.78 is 15.9. The zero-order chi connectivity index (χ0) is 23.5. The second-order valence-electron chi connectivity index (χ2n) is 7.16. The van der Waals surface area contributed by atoms with Gasteiger partial charge in [-0.1, -0.05) is 59.8 Å². The van der Waals surface area contributed by atoms with E-state index in [2.05, 4.69) is 5.16 Å². The molecule has 0 amide bonds. The Labute approximate surface area is 194 Å². The van der Waals surface area contributed by atoms with E-state index in [0.29, 0.717) is 23.5 Å². The van der Waals surface area contributed by atoms with E-state index in [1.165, 1.54) is 20.5 Å². The van der Waals surface area contributed by atoms with Crippen LogP contribution >= 0.6 is 0 Å². The number of methoxy groups -OCH3 is 2. The van der Waals surface area contributed by atoms with Crippen LogP contribution in [0.25, 0.3) is 5.57 Å². The molecule has 0 fully saturated rings. The number of ether oxygens (including phenoxy) is 3. The average Bonchev–Trinajstić information content (AvgIpc) is 2.86. The number of oxime groups is 1. The summed E-state index contributed by atoms with van der Waals surface area (Å²) >= 11 is 0. The van der Waals surface area contributed by atoms with Crippen LogP contribution in [0.15, 0.2) is 90.3 Å². The maximum absolute atomic E-state index is 12.2. The normalized spacial score (nSPS) is 11.6. The highest BCUT2D eigenvalue weighted by molar-refractivity contribution is 6.16. The Hall–Kier alpha value is -4.06. The molecule has 0 aliphatic rings. The van der Waals surface area contributed by atoms with Crippen molar-refractivity contribution in [2.24, 2.45) is 5.16 Å². The van der Waals surface area contributed by atoms with Gasteiger partial charge >= 0.3 is 5.97 Å². The molecule has 0 heterocycles. The summed E-state index contributed by atoms with van der Waals surface area (Å²) in [7, 11) is 2.83. The van der Waals surface area contributed by atoms with Gasteiger partial charge in [0.15, 0.2) is 0 Å². The number of rotatable bonds is 10. The topological polar surface area (TPSA) is 66.4 Å². The van der Waals surface area contributed by atoms with Crippen molar-refractivity contribution in [2.45, 2.75) is 20.1 Å². The molecule has 3 rings (SSSR count). The largest absolute Gasteiger partial charge is 0.503 e. The van der Waals surface area contributed by atoms with Gasteiger partial charge in [0.1, 0.15) is 24.5 Å². The van der Waals surface area contributed by atoms with Crippen molar-refractivity contribution < 1.29 is 23.8 Å². The van der Waals surface area contributed by atoms with E-state index >= 15 is 0 Å². The number of carbonyl (C=O) groups is 1. The molecule has 0 unspecified atom stereocenters. The first-order valence-corrected chi connectivity index (χ1v) is 10.5. The number of hydrogen-bond donors (Lipinski definition) is 0. The smallest absolute Gasteiger partial charge is 0.341 e. The van der Waals surface area contributed by atoms with Crippen LogP contribution in [-0.2, 0) is 32.3 Å². The van der Waals surface area contributed by atoms with Crippen LogP contribution < -0.4 is 4.74 Å². The summed E-state index contributed by atoms with van der Waals surface area (Å²) in [4.78, 5) is 17.6. The van der Waals surface area contributed by atoms with Crippen molar-refractivity contribution in [2.75, 3.05) is 14.2 Å². The minimum atomic E-state index is -0.474. The van der Waals surface area contributed by atoms with Gasteiger partial charge in [-0.2, -0.15) is 0 Å². The lowest BCUT2D eigenvalue weighted by Gasteiger charge is -2.13. The summed E-state index contributed by atoms with van der Waals surface area (Å²) in [5.41, 5.74) is 4.64. The van der Waals surface area contributed by atoms with Crippen LogP contribution in [-0.4, -0.2) is 25.9 Å². The van der Waals surface area contributed by atoms with Crippen LogP contribution in [0.5, 0.6) is 5.75 Å². The zero-order valence-electron chi connectivity index (χ0n) is 19.0. The second kappa shape index (κ2) is 12.1. The van der Waals surface area contributed by atoms with Gasteiger partial charge in [-0.05, 0) is 53.4 Å². The van der Waals surface area contributed by atoms with Crippen LogP contribution in [0.1, 0.15) is 29.2 Å². The Morgan fingerprint density at radius 2 is 1.58 bits per heavy atom. The van der Waals surface area contributed by atoms with Gasteiger partial charge in [-0.25, -0.2) is 4.79 Å². The molecule has 0 spiro atoms. The van der Waals surface area contributed by atoms with Crippen LogP contribution in [0.4, 0.5) is 0 Å². The van der Waals surface area contributed by atoms with Gasteiger partial charge in [0.25, 0.3) is 0 Å². The summed E-state index contributed by atoms with van der Waals surface area (Å²) in [6.45, 7) is 2.60. The van der Waals surface area contributed by atoms with E-state index in [-0.39, 0.29) is 6.61 Å². The van der Waals surface area contributed by atoms with Crippen LogP contribution in [0, 0.1) is 0 Å². The van der Waals surface area contributed by atoms with Crippen molar-refractivity contribution in [3.05, 3.63) is 107 Å². The van der Waals surface area contributed by atoms with E-state index in [0.717, 1.165) is 22.4 Å². The number of esters is 1. The first-order valence-electron chi connectivity index (χ1n) is 10.5. The molecule has 6 heteroatoms. The molecule has 0 atom stereocenters. The van der Waals surface area contributed by atoms with Crippen LogP contribution in [0.2, 0.25) is 0 Å². The molecule has 6 nitrogen and oxygen atoms in total. The van der Waals surface area contributed by atoms with E-state index in [1.54, 1.807) is 0 Å². The summed E-state index contributed by atoms with van der Waals surface area (Å²) in [5, 5.41) is 4.20. The fourth-order valence-electron chi connectivity index (χ4n) is 3.14. The first kappa shape index (κ1) is 23.6. The number of carbonyl (C=O) groups excluding carboxylic acids is 1. The van der Waals surface area contributed by atoms with Gasteiger partial charge in [0.05, 0.1) is 26.2 Å². The van der Waals surface area contributed by atoms with Crippen molar-refractivity contribution in [3.63, 3.8) is 0 Å². The third kappa shape index (κ3) is 6.71. The SMILES string of the molecule is CO/C=C(/C(=O)OC)c1ccccc1COc1ccc(/C(C)=N/OCc2ccccc2)cc1. The molecular weight excluding hydrogens is 418 g/mol. The van der Waals surface area contributed by atoms with E-state index in [4.69, 9.17) is 19.0 Å². The number of hydrogen-bond acceptors (Lipinski definition) is 6. The molecule has 170 valence electrons. The predicted octanol–water partition coefficient (Wildman–Crippen LogP) is 5.37. The molecule has 0 aromatic heterocycles. The molecule has 3 aromatic carbocycles. The van der Waals surface area contributed by atoms with Crippen molar-refractivity contribution in [1.29, 1.82) is 0 Å². The molecule has 0 radical (unpaired) electrons. The molecule has 33 heavy (non-hydrogen) atoms. The highest BCUT2D eigenvalue weighted by atomic mass is 16.6. The highest BCUT2D eigenvalue weighted by Gasteiger charge is 2.16. The average molecular weight is 446 g/mol. The molecule has 0 saturated heterocycles. The summed E-state index contributed by atoms with van der Waals surface area (Å²) in [6.07, 6.45) is 1.38. The number of nitrogens with zero attached hydrogens (tertiary/aromatic N) is 1. The van der Waals surface area contributed by atoms with Gasteiger partial charge in [0, 0.05) is 0 Å². The fraction of sp³-hybridized carbons (Fsp3) is 0.185. The fourth-order valence-corrected chi connectivity index (χ4v) is 3.14. The summed E-state index contributed by atoms with van der Waals surface area (Å²) in [5.74, 6) is 0.222. The minimum absolute atomic E-state index is 0.279. The molecule has 0 saturated carbocycles. The van der Waals surface area contributed by atoms with Crippen molar-refractivity contribution in [3.8, 4) is 5.75 Å². The molecule has 0 aliphatic carbocycles. The molecular formula is C27H27NO5. The quantitative estimate of drug-likeness (QED) is 0.138. The highest BCUT2D eigenvalue weighted by Crippen LogP contribution is 2.23. The predicted molar refractivity (Wildman–Crippen MR) is 128 cm³/mol. The van der Waals surface area contributed by atoms with E-state index < -0.39 is 5.97 Å². The maximum Gasteiger partial charge on any atom is 0.341 e. The standard InChI is InChI=1S/C27H27NO5/c1-20(28-33-17-21-9-5-4-6-10-21)22-13-15-24(16-14-22)32-18-23-11-7-8-12-25(23)26(19-30-2)27(29)31-3/h4-16,19H,17-18H2,1-3H3/b26-19+,28-20+. The molecule has 3 aromatic rings. The lowest BCUT2D eigenvalue weighted by atomic mass is 10.0. The second-order valence-corrected chi connectivity index (χ2v) is 7.16. The van der Waals surface area contributed by atoms with Crippen molar-refractivity contribution in [1.82, 2.24) is 0 Å². The Morgan fingerprint density at radius 3 is 2.27 bits per heavy atom. The van der Waals surface area contributed by atoms with Crippen LogP contribution in [0.3, 0.4) is 0 Å². The Balaban J connectivity index is 1.63. The third-order valence-electron chi connectivity index (χ3n) is 4.89. The van der Waals surface area contributed by atoms with Gasteiger partial charge in [-0.15, -0.1) is 0 Å². The zero-order valence-corrected chi connectivity index (χ0v) is 19.0. The maximum atomic E-state index is 12.2. The van der Waals surface area contributed by atoms with E-state index in [9.17, 15) is 4.79 Å². The van der Waals surface area contributed by atoms with Gasteiger partial charge in [-0.3, -0.25) is 0 Å². The Kier molecular flexibility index (Phi) is 8.65. The minimum Gasteiger partial charge on any atom is -0.503 e. The van der Waals surface area contributed by atoms with E-state index in [1.807, 2.05) is 85.8 Å². The lowest BCUT2D eigenvalue weighted by molar-refractivity contribution is -0.133. The van der Waals surface area contributed by atoms with Gasteiger partial charge in [0.2, 0.25) is 0 Å². The van der Waals surface area contributed by atoms with Crippen molar-refractivity contribution >= 4 is 17.3 Å². The van der Waals surface area contributed by atoms with Gasteiger partial charge < -0.3 is 19.0 Å². The Morgan fingerprint density at radius 1 is 0.879 bits per heavy atom. The molecule has 0 N–H and O–H groups in total. The first-order chi connectivity index (χ1) is 16.1. The Bertz CT molecular complexity index is 1100. The lowest BCUT2D eigenvalue weighted by Crippen LogP contribution is -2.08. The molecule has 0 bridgehead atoms. The summed E-state index contributed by atoms with van der Waals surface area (Å²) in [6, 6.07) is 25.0. The molecule has 0 aliphatic heterocycles. The monoisotopic (exact) mass is 445 g/mol. The third-order valence-corrected chi connectivity index (χ3v) is 4.89.